The summed E-state index contributed by atoms with van der Waals surface area (Å²) < 4.78 is 2.18. The molecule has 0 spiro atoms. The highest BCUT2D eigenvalue weighted by atomic mass is 79.9. The molecule has 2 aromatic carbocycles. The Morgan fingerprint density at radius 3 is 2.05 bits per heavy atom. The molecule has 0 saturated carbocycles. The van der Waals surface area contributed by atoms with E-state index in [2.05, 4.69) is 93.5 Å². The summed E-state index contributed by atoms with van der Waals surface area (Å²) in [5.74, 6) is 0. The quantitative estimate of drug-likeness (QED) is 0.764. The van der Waals surface area contributed by atoms with Crippen molar-refractivity contribution in [2.75, 3.05) is 6.54 Å². The first kappa shape index (κ1) is 14.8. The molecule has 19 heavy (non-hydrogen) atoms. The second kappa shape index (κ2) is 6.69. The van der Waals surface area contributed by atoms with Crippen molar-refractivity contribution in [1.82, 2.24) is 5.32 Å². The molecule has 0 aliphatic carbocycles. The number of hydrogen-bond acceptors (Lipinski definition) is 1. The molecule has 1 atom stereocenters. The Bertz CT molecular complexity index is 529. The first-order valence-electron chi connectivity index (χ1n) is 6.36. The molecule has 0 heterocycles. The Morgan fingerprint density at radius 1 is 0.947 bits per heavy atom. The largest absolute Gasteiger partial charge is 0.307 e. The second-order valence-electron chi connectivity index (χ2n) is 4.60. The van der Waals surface area contributed by atoms with Crippen LogP contribution in [0.25, 0.3) is 0 Å². The number of aryl methyl sites for hydroxylation is 1. The lowest BCUT2D eigenvalue weighted by Crippen LogP contribution is -2.22. The van der Waals surface area contributed by atoms with Crippen molar-refractivity contribution in [2.45, 2.75) is 19.9 Å². The van der Waals surface area contributed by atoms with Crippen LogP contribution in [0.3, 0.4) is 0 Å². The molecule has 0 amide bonds. The summed E-state index contributed by atoms with van der Waals surface area (Å²) in [5.41, 5.74) is 3.83. The van der Waals surface area contributed by atoms with Crippen LogP contribution in [0.1, 0.15) is 29.7 Å². The second-order valence-corrected chi connectivity index (χ2v) is 6.44. The van der Waals surface area contributed by atoms with Crippen LogP contribution >= 0.6 is 31.9 Å². The van der Waals surface area contributed by atoms with Crippen LogP contribution in [0.2, 0.25) is 0 Å². The third kappa shape index (κ3) is 3.91. The topological polar surface area (TPSA) is 12.0 Å². The van der Waals surface area contributed by atoms with E-state index in [1.807, 2.05) is 0 Å². The van der Waals surface area contributed by atoms with Crippen molar-refractivity contribution < 1.29 is 0 Å². The maximum Gasteiger partial charge on any atom is 0.0577 e. The first-order valence-corrected chi connectivity index (χ1v) is 7.94. The Kier molecular flexibility index (Phi) is 5.20. The average molecular weight is 383 g/mol. The highest BCUT2D eigenvalue weighted by molar-refractivity contribution is 9.11. The summed E-state index contributed by atoms with van der Waals surface area (Å²) in [6.07, 6.45) is 0. The van der Waals surface area contributed by atoms with Crippen LogP contribution in [0, 0.1) is 6.92 Å². The van der Waals surface area contributed by atoms with E-state index in [-0.39, 0.29) is 6.04 Å². The Balaban J connectivity index is 2.41. The smallest absolute Gasteiger partial charge is 0.0577 e. The molecule has 1 unspecified atom stereocenters. The molecule has 0 aliphatic heterocycles. The molecule has 0 saturated heterocycles. The molecule has 0 fully saturated rings. The molecule has 0 aliphatic rings. The van der Waals surface area contributed by atoms with Gasteiger partial charge in [0.25, 0.3) is 0 Å². The Labute approximate surface area is 131 Å². The molecule has 2 rings (SSSR count). The van der Waals surface area contributed by atoms with Gasteiger partial charge < -0.3 is 5.32 Å². The van der Waals surface area contributed by atoms with Crippen LogP contribution in [-0.4, -0.2) is 6.54 Å². The van der Waals surface area contributed by atoms with E-state index >= 15 is 0 Å². The lowest BCUT2D eigenvalue weighted by molar-refractivity contribution is 0.630. The van der Waals surface area contributed by atoms with Gasteiger partial charge in [-0.25, -0.2) is 0 Å². The average Bonchev–Trinajstić information content (AvgIpc) is 2.36. The molecule has 1 N–H and O–H groups in total. The van der Waals surface area contributed by atoms with Crippen molar-refractivity contribution >= 4 is 31.9 Å². The summed E-state index contributed by atoms with van der Waals surface area (Å²) in [6, 6.07) is 15.3. The molecule has 0 radical (unpaired) electrons. The van der Waals surface area contributed by atoms with Gasteiger partial charge in [-0.15, -0.1) is 0 Å². The van der Waals surface area contributed by atoms with Gasteiger partial charge in [0.05, 0.1) is 6.04 Å². The van der Waals surface area contributed by atoms with Gasteiger partial charge in [-0.1, -0.05) is 68.6 Å². The van der Waals surface area contributed by atoms with E-state index in [4.69, 9.17) is 0 Å². The molecular formula is C16H17Br2N. The standard InChI is InChI=1S/C16H17Br2N/c1-3-19-16(12-6-4-11(2)5-7-12)13-8-14(17)10-15(18)9-13/h4-10,16,19H,3H2,1-2H3. The highest BCUT2D eigenvalue weighted by Gasteiger charge is 2.13. The van der Waals surface area contributed by atoms with Crippen LogP contribution in [0.4, 0.5) is 0 Å². The number of rotatable bonds is 4. The lowest BCUT2D eigenvalue weighted by Gasteiger charge is -2.20. The van der Waals surface area contributed by atoms with Crippen LogP contribution in [0.5, 0.6) is 0 Å². The molecule has 0 aromatic heterocycles. The minimum atomic E-state index is 0.222. The Morgan fingerprint density at radius 2 is 1.53 bits per heavy atom. The summed E-state index contributed by atoms with van der Waals surface area (Å²) >= 11 is 7.12. The SMILES string of the molecule is CCNC(c1ccc(C)cc1)c1cc(Br)cc(Br)c1. The van der Waals surface area contributed by atoms with Crippen LogP contribution < -0.4 is 5.32 Å². The van der Waals surface area contributed by atoms with Crippen molar-refractivity contribution in [1.29, 1.82) is 0 Å². The van der Waals surface area contributed by atoms with Crippen LogP contribution in [0.15, 0.2) is 51.4 Å². The van der Waals surface area contributed by atoms with Gasteiger partial charge in [0, 0.05) is 8.95 Å². The third-order valence-corrected chi connectivity index (χ3v) is 3.95. The zero-order chi connectivity index (χ0) is 13.8. The summed E-state index contributed by atoms with van der Waals surface area (Å²) in [5, 5.41) is 3.55. The molecule has 1 nitrogen and oxygen atoms in total. The van der Waals surface area contributed by atoms with E-state index in [0.717, 1.165) is 15.5 Å². The minimum Gasteiger partial charge on any atom is -0.307 e. The fourth-order valence-corrected chi connectivity index (χ4v) is 3.46. The first-order chi connectivity index (χ1) is 9.10. The molecule has 0 bridgehead atoms. The van der Waals surface area contributed by atoms with Gasteiger partial charge in [-0.05, 0) is 42.8 Å². The monoisotopic (exact) mass is 381 g/mol. The number of hydrogen-bond donors (Lipinski definition) is 1. The van der Waals surface area contributed by atoms with Gasteiger partial charge >= 0.3 is 0 Å². The number of halogens is 2. The van der Waals surface area contributed by atoms with E-state index in [1.54, 1.807) is 0 Å². The lowest BCUT2D eigenvalue weighted by atomic mass is 9.98. The zero-order valence-corrected chi connectivity index (χ0v) is 14.3. The normalized spacial score (nSPS) is 12.4. The maximum atomic E-state index is 3.56. The Hall–Kier alpha value is -0.640. The van der Waals surface area contributed by atoms with Crippen molar-refractivity contribution in [2.24, 2.45) is 0 Å². The van der Waals surface area contributed by atoms with Crippen molar-refractivity contribution in [3.05, 3.63) is 68.1 Å². The zero-order valence-electron chi connectivity index (χ0n) is 11.1. The maximum absolute atomic E-state index is 3.56. The summed E-state index contributed by atoms with van der Waals surface area (Å²) in [6.45, 7) is 5.18. The molecule has 2 aromatic rings. The van der Waals surface area contributed by atoms with E-state index in [0.29, 0.717) is 0 Å². The third-order valence-electron chi connectivity index (χ3n) is 3.04. The molecular weight excluding hydrogens is 366 g/mol. The van der Waals surface area contributed by atoms with E-state index < -0.39 is 0 Å². The molecule has 3 heteroatoms. The van der Waals surface area contributed by atoms with Gasteiger partial charge in [0.2, 0.25) is 0 Å². The van der Waals surface area contributed by atoms with Gasteiger partial charge in [-0.2, -0.15) is 0 Å². The predicted molar refractivity (Wildman–Crippen MR) is 88.5 cm³/mol. The van der Waals surface area contributed by atoms with E-state index in [1.165, 1.54) is 16.7 Å². The highest BCUT2D eigenvalue weighted by Crippen LogP contribution is 2.28. The van der Waals surface area contributed by atoms with Crippen molar-refractivity contribution in [3.63, 3.8) is 0 Å². The van der Waals surface area contributed by atoms with Gasteiger partial charge in [0.1, 0.15) is 0 Å². The van der Waals surface area contributed by atoms with Gasteiger partial charge in [-0.3, -0.25) is 0 Å². The van der Waals surface area contributed by atoms with Crippen molar-refractivity contribution in [3.8, 4) is 0 Å². The van der Waals surface area contributed by atoms with Gasteiger partial charge in [0.15, 0.2) is 0 Å². The fourth-order valence-electron chi connectivity index (χ4n) is 2.13. The summed E-state index contributed by atoms with van der Waals surface area (Å²) in [7, 11) is 0. The number of benzene rings is 2. The number of nitrogens with one attached hydrogen (secondary N) is 1. The van der Waals surface area contributed by atoms with E-state index in [9.17, 15) is 0 Å². The predicted octanol–water partition coefficient (Wildman–Crippen LogP) is 5.22. The summed E-state index contributed by atoms with van der Waals surface area (Å²) in [4.78, 5) is 0. The minimum absolute atomic E-state index is 0.222. The van der Waals surface area contributed by atoms with Crippen LogP contribution in [-0.2, 0) is 0 Å². The molecule has 100 valence electrons. The fraction of sp³-hybridized carbons (Fsp3) is 0.250.